The fourth-order valence-electron chi connectivity index (χ4n) is 6.03. The monoisotopic (exact) mass is 368 g/mol. The van der Waals surface area contributed by atoms with Gasteiger partial charge in [-0.2, -0.15) is 0 Å². The molecule has 4 aromatic carbocycles. The summed E-state index contributed by atoms with van der Waals surface area (Å²) in [6.07, 6.45) is 4.68. The van der Waals surface area contributed by atoms with E-state index in [2.05, 4.69) is 103 Å². The largest absolute Gasteiger partial charge is 0.0720 e. The third-order valence-corrected chi connectivity index (χ3v) is 7.14. The van der Waals surface area contributed by atoms with Crippen molar-refractivity contribution in [2.45, 2.75) is 17.8 Å². The number of hydrogen-bond acceptors (Lipinski definition) is 0. The van der Waals surface area contributed by atoms with Crippen LogP contribution in [0.15, 0.2) is 97.1 Å². The summed E-state index contributed by atoms with van der Waals surface area (Å²) in [6.45, 7) is 0. The maximum absolute atomic E-state index is 2.39. The summed E-state index contributed by atoms with van der Waals surface area (Å²) in [5.74, 6) is 1.03. The van der Waals surface area contributed by atoms with Gasteiger partial charge >= 0.3 is 0 Å². The van der Waals surface area contributed by atoms with Gasteiger partial charge in [0.15, 0.2) is 0 Å². The van der Waals surface area contributed by atoms with Gasteiger partial charge in [0.1, 0.15) is 0 Å². The van der Waals surface area contributed by atoms with Crippen LogP contribution in [0.2, 0.25) is 0 Å². The molecule has 0 saturated carbocycles. The lowest BCUT2D eigenvalue weighted by Crippen LogP contribution is -2.28. The predicted molar refractivity (Wildman–Crippen MR) is 119 cm³/mol. The van der Waals surface area contributed by atoms with Crippen molar-refractivity contribution in [3.63, 3.8) is 0 Å². The Balaban J connectivity index is 1.53. The third kappa shape index (κ3) is 1.94. The highest BCUT2D eigenvalue weighted by atomic mass is 14.4. The maximum Gasteiger partial charge on any atom is 0.0352 e. The Labute approximate surface area is 171 Å². The summed E-state index contributed by atoms with van der Waals surface area (Å²) < 4.78 is 0. The molecule has 4 aromatic rings. The Morgan fingerprint density at radius 1 is 0.414 bits per heavy atom. The van der Waals surface area contributed by atoms with Crippen molar-refractivity contribution >= 4 is 6.08 Å². The average Bonchev–Trinajstić information content (AvgIpc) is 3.22. The number of allylic oxidation sites excluding steroid dienone is 1. The van der Waals surface area contributed by atoms with Gasteiger partial charge in [-0.1, -0.05) is 103 Å². The van der Waals surface area contributed by atoms with E-state index in [-0.39, 0.29) is 0 Å². The minimum Gasteiger partial charge on any atom is -0.0720 e. The molecule has 0 aromatic heterocycles. The van der Waals surface area contributed by atoms with E-state index in [1.165, 1.54) is 44.5 Å². The second-order valence-electron chi connectivity index (χ2n) is 8.44. The van der Waals surface area contributed by atoms with Crippen LogP contribution in [-0.2, 0) is 0 Å². The molecular formula is C29H20. The molecule has 0 saturated heterocycles. The van der Waals surface area contributed by atoms with Crippen molar-refractivity contribution in [1.29, 1.82) is 0 Å². The Morgan fingerprint density at radius 3 is 1.62 bits per heavy atom. The molecular weight excluding hydrogens is 348 g/mol. The van der Waals surface area contributed by atoms with Crippen LogP contribution in [0, 0.1) is 0 Å². The average molecular weight is 368 g/mol. The van der Waals surface area contributed by atoms with E-state index in [1.54, 1.807) is 5.56 Å². The molecule has 0 amide bonds. The topological polar surface area (TPSA) is 0 Å². The normalized spacial score (nSPS) is 22.0. The highest BCUT2D eigenvalue weighted by molar-refractivity contribution is 5.72. The summed E-state index contributed by atoms with van der Waals surface area (Å²) in [4.78, 5) is 0. The van der Waals surface area contributed by atoms with Gasteiger partial charge in [0.25, 0.3) is 0 Å². The smallest absolute Gasteiger partial charge is 0.0352 e. The summed E-state index contributed by atoms with van der Waals surface area (Å²) in [7, 11) is 0. The van der Waals surface area contributed by atoms with Gasteiger partial charge in [-0.25, -0.2) is 0 Å². The molecule has 0 radical (unpaired) electrons. The molecule has 1 unspecified atom stereocenters. The lowest BCUT2D eigenvalue weighted by molar-refractivity contribution is 0.740. The molecule has 4 aliphatic rings. The number of rotatable bonds is 1. The summed E-state index contributed by atoms with van der Waals surface area (Å²) in [5.41, 5.74) is 13.3. The van der Waals surface area contributed by atoms with E-state index in [9.17, 15) is 0 Å². The molecule has 0 heteroatoms. The SMILES string of the molecule is C1=CC(c2cccc3c2C2c4ccccc4C3c3ccccc32)c2ccccc21. The van der Waals surface area contributed by atoms with Crippen LogP contribution in [0.4, 0.5) is 0 Å². The van der Waals surface area contributed by atoms with Crippen molar-refractivity contribution in [2.24, 2.45) is 0 Å². The van der Waals surface area contributed by atoms with E-state index in [4.69, 9.17) is 0 Å². The minimum absolute atomic E-state index is 0.333. The molecule has 1 atom stereocenters. The zero-order chi connectivity index (χ0) is 18.9. The molecule has 0 nitrogen and oxygen atoms in total. The van der Waals surface area contributed by atoms with E-state index in [0.717, 1.165) is 0 Å². The van der Waals surface area contributed by atoms with Gasteiger partial charge in [-0.05, 0) is 50.1 Å². The second-order valence-corrected chi connectivity index (χ2v) is 8.44. The van der Waals surface area contributed by atoms with Crippen LogP contribution in [0.25, 0.3) is 6.08 Å². The summed E-state index contributed by atoms with van der Waals surface area (Å²) in [6, 6.07) is 34.0. The van der Waals surface area contributed by atoms with Crippen LogP contribution in [0.5, 0.6) is 0 Å². The quantitative estimate of drug-likeness (QED) is 0.298. The van der Waals surface area contributed by atoms with E-state index in [1.807, 2.05) is 0 Å². The fourth-order valence-corrected chi connectivity index (χ4v) is 6.03. The van der Waals surface area contributed by atoms with E-state index < -0.39 is 0 Å². The zero-order valence-electron chi connectivity index (χ0n) is 16.0. The Hall–Kier alpha value is -3.38. The maximum atomic E-state index is 2.39. The molecule has 0 N–H and O–H groups in total. The second kappa shape index (κ2) is 5.58. The van der Waals surface area contributed by atoms with Gasteiger partial charge in [-0.15, -0.1) is 0 Å². The van der Waals surface area contributed by atoms with Crippen molar-refractivity contribution in [1.82, 2.24) is 0 Å². The molecule has 0 aliphatic heterocycles. The first-order valence-corrected chi connectivity index (χ1v) is 10.5. The Kier molecular flexibility index (Phi) is 2.99. The highest BCUT2D eigenvalue weighted by Gasteiger charge is 2.42. The van der Waals surface area contributed by atoms with E-state index >= 15 is 0 Å². The Morgan fingerprint density at radius 2 is 0.931 bits per heavy atom. The van der Waals surface area contributed by atoms with Crippen LogP contribution < -0.4 is 0 Å². The molecule has 2 bridgehead atoms. The van der Waals surface area contributed by atoms with Gasteiger partial charge in [0.2, 0.25) is 0 Å². The van der Waals surface area contributed by atoms with Gasteiger partial charge < -0.3 is 0 Å². The predicted octanol–water partition coefficient (Wildman–Crippen LogP) is 6.83. The first-order chi connectivity index (χ1) is 14.4. The van der Waals surface area contributed by atoms with Crippen LogP contribution in [0.3, 0.4) is 0 Å². The number of benzene rings is 4. The summed E-state index contributed by atoms with van der Waals surface area (Å²) >= 11 is 0. The van der Waals surface area contributed by atoms with Crippen molar-refractivity contribution < 1.29 is 0 Å². The lowest BCUT2D eigenvalue weighted by Gasteiger charge is -2.43. The third-order valence-electron chi connectivity index (χ3n) is 7.14. The van der Waals surface area contributed by atoms with Crippen molar-refractivity contribution in [3.8, 4) is 0 Å². The summed E-state index contributed by atoms with van der Waals surface area (Å²) in [5, 5.41) is 0. The van der Waals surface area contributed by atoms with Gasteiger partial charge in [0, 0.05) is 17.8 Å². The Bertz CT molecular complexity index is 1280. The molecule has 136 valence electrons. The van der Waals surface area contributed by atoms with Crippen LogP contribution in [-0.4, -0.2) is 0 Å². The van der Waals surface area contributed by atoms with Crippen LogP contribution in [0.1, 0.15) is 67.8 Å². The number of hydrogen-bond donors (Lipinski definition) is 0. The molecule has 29 heavy (non-hydrogen) atoms. The molecule has 0 spiro atoms. The highest BCUT2D eigenvalue weighted by Crippen LogP contribution is 2.57. The fraction of sp³-hybridized carbons (Fsp3) is 0.103. The van der Waals surface area contributed by atoms with E-state index in [0.29, 0.717) is 17.8 Å². The van der Waals surface area contributed by atoms with Crippen molar-refractivity contribution in [3.05, 3.63) is 147 Å². The standard InChI is InChI=1S/C29H20/c1-2-9-19-18(8-1)16-17-20(19)21-14-7-15-26-27-22-10-3-5-12-24(22)28(29(21)26)25-13-6-4-11-23(25)27/h1-17,20,27-28H. The lowest BCUT2D eigenvalue weighted by atomic mass is 9.59. The van der Waals surface area contributed by atoms with Gasteiger partial charge in [-0.3, -0.25) is 0 Å². The molecule has 4 aliphatic carbocycles. The first-order valence-electron chi connectivity index (χ1n) is 10.5. The first kappa shape index (κ1) is 15.5. The molecule has 0 fully saturated rings. The van der Waals surface area contributed by atoms with Gasteiger partial charge in [0.05, 0.1) is 0 Å². The van der Waals surface area contributed by atoms with Crippen molar-refractivity contribution in [2.75, 3.05) is 0 Å². The number of fused-ring (bicyclic) bond motifs is 1. The molecule has 8 rings (SSSR count). The molecule has 0 heterocycles. The van der Waals surface area contributed by atoms with Crippen LogP contribution >= 0.6 is 0 Å². The minimum atomic E-state index is 0.333. The zero-order valence-corrected chi connectivity index (χ0v) is 16.0.